The minimum atomic E-state index is -3.82. The van der Waals surface area contributed by atoms with Gasteiger partial charge in [0.1, 0.15) is 12.6 Å². The van der Waals surface area contributed by atoms with Crippen LogP contribution < -0.4 is 9.62 Å². The maximum Gasteiger partial charge on any atom is 0.244 e. The second-order valence-corrected chi connectivity index (χ2v) is 12.3. The Morgan fingerprint density at radius 2 is 1.57 bits per heavy atom. The molecule has 0 saturated carbocycles. The van der Waals surface area contributed by atoms with E-state index in [2.05, 4.69) is 5.32 Å². The van der Waals surface area contributed by atoms with Gasteiger partial charge in [-0.3, -0.25) is 13.9 Å². The first kappa shape index (κ1) is 28.9. The molecule has 0 aromatic heterocycles. The highest BCUT2D eigenvalue weighted by Crippen LogP contribution is 2.28. The molecule has 0 aliphatic carbocycles. The number of anilines is 1. The monoisotopic (exact) mass is 541 g/mol. The number of benzene rings is 2. The summed E-state index contributed by atoms with van der Waals surface area (Å²) in [5, 5.41) is 3.55. The van der Waals surface area contributed by atoms with Crippen molar-refractivity contribution in [1.82, 2.24) is 10.2 Å². The molecule has 0 heterocycles. The molecule has 10 heteroatoms. The lowest BCUT2D eigenvalue weighted by molar-refractivity contribution is -0.140. The number of rotatable bonds is 8. The Balaban J connectivity index is 2.51. The van der Waals surface area contributed by atoms with Gasteiger partial charge in [0, 0.05) is 27.7 Å². The molecule has 1 atom stereocenters. The summed E-state index contributed by atoms with van der Waals surface area (Å²) in [7, 11) is -3.82. The molecule has 2 rings (SSSR count). The van der Waals surface area contributed by atoms with Crippen molar-refractivity contribution in [1.29, 1.82) is 0 Å². The third-order valence-corrected chi connectivity index (χ3v) is 7.41. The van der Waals surface area contributed by atoms with E-state index in [1.807, 2.05) is 33.8 Å². The standard InChI is InChI=1S/C25H33Cl2N3O4S/c1-16-10-8-13-22(17(16)2)30(35(7,33)34)15-23(31)29(18(3)24(32)28-25(4,5)6)14-19-20(26)11-9-12-21(19)27/h8-13,18H,14-15H2,1-7H3,(H,28,32). The summed E-state index contributed by atoms with van der Waals surface area (Å²) in [4.78, 5) is 28.0. The van der Waals surface area contributed by atoms with Crippen LogP contribution in [0.2, 0.25) is 10.0 Å². The summed E-state index contributed by atoms with van der Waals surface area (Å²) in [6.07, 6.45) is 1.05. The van der Waals surface area contributed by atoms with Crippen molar-refractivity contribution in [3.63, 3.8) is 0 Å². The van der Waals surface area contributed by atoms with Gasteiger partial charge in [-0.15, -0.1) is 0 Å². The van der Waals surface area contributed by atoms with Crippen molar-refractivity contribution in [2.75, 3.05) is 17.1 Å². The Hall–Kier alpha value is -2.29. The fourth-order valence-corrected chi connectivity index (χ4v) is 4.93. The van der Waals surface area contributed by atoms with Crippen LogP contribution in [-0.2, 0) is 26.2 Å². The van der Waals surface area contributed by atoms with Crippen LogP contribution >= 0.6 is 23.2 Å². The Kier molecular flexibility index (Phi) is 9.25. The van der Waals surface area contributed by atoms with Gasteiger partial charge in [-0.2, -0.15) is 0 Å². The Morgan fingerprint density at radius 3 is 2.09 bits per heavy atom. The van der Waals surface area contributed by atoms with Crippen molar-refractivity contribution >= 4 is 50.7 Å². The lowest BCUT2D eigenvalue weighted by atomic mass is 10.1. The molecule has 0 fully saturated rings. The molecule has 1 unspecified atom stereocenters. The second kappa shape index (κ2) is 11.2. The van der Waals surface area contributed by atoms with Crippen LogP contribution in [0, 0.1) is 13.8 Å². The van der Waals surface area contributed by atoms with E-state index >= 15 is 0 Å². The van der Waals surface area contributed by atoms with E-state index in [0.717, 1.165) is 21.7 Å². The highest BCUT2D eigenvalue weighted by Gasteiger charge is 2.32. The maximum atomic E-state index is 13.7. The Labute approximate surface area is 218 Å². The van der Waals surface area contributed by atoms with Gasteiger partial charge in [-0.05, 0) is 70.9 Å². The highest BCUT2D eigenvalue weighted by molar-refractivity contribution is 7.92. The molecule has 35 heavy (non-hydrogen) atoms. The van der Waals surface area contributed by atoms with E-state index in [-0.39, 0.29) is 12.5 Å². The number of hydrogen-bond acceptors (Lipinski definition) is 4. The highest BCUT2D eigenvalue weighted by atomic mass is 35.5. The molecule has 1 N–H and O–H groups in total. The molecule has 0 bridgehead atoms. The maximum absolute atomic E-state index is 13.7. The van der Waals surface area contributed by atoms with Crippen LogP contribution in [-0.4, -0.2) is 49.5 Å². The average molecular weight is 543 g/mol. The summed E-state index contributed by atoms with van der Waals surface area (Å²) in [5.74, 6) is -0.949. The minimum Gasteiger partial charge on any atom is -0.350 e. The molecule has 0 aliphatic rings. The summed E-state index contributed by atoms with van der Waals surface area (Å²) >= 11 is 12.7. The van der Waals surface area contributed by atoms with Gasteiger partial charge in [0.25, 0.3) is 0 Å². The average Bonchev–Trinajstić information content (AvgIpc) is 2.71. The smallest absolute Gasteiger partial charge is 0.244 e. The van der Waals surface area contributed by atoms with E-state index in [0.29, 0.717) is 21.3 Å². The predicted molar refractivity (Wildman–Crippen MR) is 142 cm³/mol. The second-order valence-electron chi connectivity index (χ2n) is 9.63. The molecule has 0 saturated heterocycles. The summed E-state index contributed by atoms with van der Waals surface area (Å²) in [6.45, 7) is 10.2. The zero-order valence-electron chi connectivity index (χ0n) is 21.1. The molecule has 2 aromatic rings. The molecule has 2 amide bonds. The van der Waals surface area contributed by atoms with E-state index in [9.17, 15) is 18.0 Å². The van der Waals surface area contributed by atoms with Crippen molar-refractivity contribution in [3.8, 4) is 0 Å². The minimum absolute atomic E-state index is 0.0690. The molecule has 192 valence electrons. The number of aryl methyl sites for hydroxylation is 1. The SMILES string of the molecule is Cc1cccc(N(CC(=O)N(Cc2c(Cl)cccc2Cl)C(C)C(=O)NC(C)(C)C)S(C)(=O)=O)c1C. The molecule has 0 spiro atoms. The first-order chi connectivity index (χ1) is 16.0. The topological polar surface area (TPSA) is 86.8 Å². The Morgan fingerprint density at radius 1 is 1.03 bits per heavy atom. The van der Waals surface area contributed by atoms with E-state index < -0.39 is 34.1 Å². The van der Waals surface area contributed by atoms with Crippen molar-refractivity contribution < 1.29 is 18.0 Å². The van der Waals surface area contributed by atoms with Gasteiger partial charge in [0.05, 0.1) is 11.9 Å². The van der Waals surface area contributed by atoms with Gasteiger partial charge in [0.15, 0.2) is 0 Å². The quantitative estimate of drug-likeness (QED) is 0.524. The summed E-state index contributed by atoms with van der Waals surface area (Å²) < 4.78 is 26.6. The number of sulfonamides is 1. The normalized spacial score (nSPS) is 12.7. The fraction of sp³-hybridized carbons (Fsp3) is 0.440. The molecule has 7 nitrogen and oxygen atoms in total. The van der Waals surface area contributed by atoms with Crippen LogP contribution in [0.3, 0.4) is 0 Å². The van der Waals surface area contributed by atoms with Crippen molar-refractivity contribution in [3.05, 3.63) is 63.1 Å². The lowest BCUT2D eigenvalue weighted by Gasteiger charge is -2.33. The number of hydrogen-bond donors (Lipinski definition) is 1. The largest absolute Gasteiger partial charge is 0.350 e. The number of carbonyl (C=O) groups is 2. The molecule has 0 aliphatic heterocycles. The zero-order chi connectivity index (χ0) is 26.7. The summed E-state index contributed by atoms with van der Waals surface area (Å²) in [6, 6.07) is 9.30. The third kappa shape index (κ3) is 7.59. The third-order valence-electron chi connectivity index (χ3n) is 5.58. The number of halogens is 2. The van der Waals surface area contributed by atoms with Gasteiger partial charge in [-0.1, -0.05) is 41.4 Å². The zero-order valence-corrected chi connectivity index (χ0v) is 23.5. The first-order valence-corrected chi connectivity index (χ1v) is 13.7. The van der Waals surface area contributed by atoms with Crippen molar-refractivity contribution in [2.24, 2.45) is 0 Å². The lowest BCUT2D eigenvalue weighted by Crippen LogP contribution is -2.54. The molecule has 2 aromatic carbocycles. The first-order valence-electron chi connectivity index (χ1n) is 11.1. The van der Waals surface area contributed by atoms with E-state index in [1.54, 1.807) is 44.2 Å². The van der Waals surface area contributed by atoms with Crippen molar-refractivity contribution in [2.45, 2.75) is 59.7 Å². The van der Waals surface area contributed by atoms with Crippen LogP contribution in [0.4, 0.5) is 5.69 Å². The van der Waals surface area contributed by atoms with Crippen LogP contribution in [0.15, 0.2) is 36.4 Å². The molecular formula is C25H33Cl2N3O4S. The number of amides is 2. The number of nitrogens with zero attached hydrogens (tertiary/aromatic N) is 2. The number of carbonyl (C=O) groups excluding carboxylic acids is 2. The van der Waals surface area contributed by atoms with Crippen LogP contribution in [0.1, 0.15) is 44.4 Å². The van der Waals surface area contributed by atoms with Gasteiger partial charge < -0.3 is 10.2 Å². The molecular weight excluding hydrogens is 509 g/mol. The Bertz CT molecular complexity index is 1190. The fourth-order valence-electron chi connectivity index (χ4n) is 3.51. The predicted octanol–water partition coefficient (Wildman–Crippen LogP) is 4.71. The summed E-state index contributed by atoms with van der Waals surface area (Å²) in [5.41, 5.74) is 1.98. The van der Waals surface area contributed by atoms with E-state index in [4.69, 9.17) is 23.2 Å². The van der Waals surface area contributed by atoms with Crippen LogP contribution in [0.5, 0.6) is 0 Å². The van der Waals surface area contributed by atoms with Gasteiger partial charge in [0.2, 0.25) is 21.8 Å². The van der Waals surface area contributed by atoms with Gasteiger partial charge >= 0.3 is 0 Å². The van der Waals surface area contributed by atoms with Gasteiger partial charge in [-0.25, -0.2) is 8.42 Å². The molecule has 0 radical (unpaired) electrons. The van der Waals surface area contributed by atoms with Crippen LogP contribution in [0.25, 0.3) is 0 Å². The van der Waals surface area contributed by atoms with E-state index in [1.165, 1.54) is 4.90 Å². The number of nitrogens with one attached hydrogen (secondary N) is 1.